The molecule has 6 heteroatoms. The molecule has 0 radical (unpaired) electrons. The molecule has 2 aliphatic rings. The molecule has 1 aliphatic carbocycles. The van der Waals surface area contributed by atoms with Crippen LogP contribution in [0, 0.1) is 6.92 Å². The van der Waals surface area contributed by atoms with Gasteiger partial charge in [-0.2, -0.15) is 5.10 Å². The number of amides is 1. The van der Waals surface area contributed by atoms with Gasteiger partial charge in [-0.1, -0.05) is 12.1 Å². The first-order valence-electron chi connectivity index (χ1n) is 9.99. The molecule has 0 saturated heterocycles. The van der Waals surface area contributed by atoms with E-state index in [2.05, 4.69) is 21.4 Å². The number of carbonyl (C=O) groups excluding carboxylic acids is 1. The number of methoxy groups -OCH3 is 1. The average molecular weight is 388 g/mol. The van der Waals surface area contributed by atoms with Gasteiger partial charge in [-0.15, -0.1) is 0 Å². The molecular weight excluding hydrogens is 364 g/mol. The molecule has 1 fully saturated rings. The molecular formula is C23H24N4O2. The van der Waals surface area contributed by atoms with Crippen LogP contribution in [0.1, 0.15) is 40.2 Å². The van der Waals surface area contributed by atoms with E-state index in [1.54, 1.807) is 11.8 Å². The van der Waals surface area contributed by atoms with Crippen LogP contribution in [0.4, 0.5) is 5.69 Å². The summed E-state index contributed by atoms with van der Waals surface area (Å²) in [6.07, 6.45) is 2.58. The van der Waals surface area contributed by atoms with Gasteiger partial charge in [-0.3, -0.25) is 9.69 Å². The van der Waals surface area contributed by atoms with Crippen molar-refractivity contribution >= 4 is 11.6 Å². The molecule has 0 spiro atoms. The van der Waals surface area contributed by atoms with Gasteiger partial charge in [0.15, 0.2) is 5.69 Å². The number of nitrogens with one attached hydrogen (secondary N) is 1. The number of hydrogen-bond donors (Lipinski definition) is 1. The number of anilines is 1. The summed E-state index contributed by atoms with van der Waals surface area (Å²) in [4.78, 5) is 15.4. The number of ether oxygens (including phenoxy) is 1. The van der Waals surface area contributed by atoms with Gasteiger partial charge in [0.1, 0.15) is 5.75 Å². The van der Waals surface area contributed by atoms with Gasteiger partial charge in [0, 0.05) is 30.5 Å². The number of aryl methyl sites for hydroxylation is 1. The van der Waals surface area contributed by atoms with E-state index in [4.69, 9.17) is 4.74 Å². The van der Waals surface area contributed by atoms with Gasteiger partial charge in [0.05, 0.1) is 12.8 Å². The summed E-state index contributed by atoms with van der Waals surface area (Å²) in [5.41, 5.74) is 5.65. The van der Waals surface area contributed by atoms with Crippen LogP contribution in [0.25, 0.3) is 5.69 Å². The molecule has 0 bridgehead atoms. The number of benzene rings is 2. The van der Waals surface area contributed by atoms with E-state index in [0.717, 1.165) is 35.9 Å². The zero-order chi connectivity index (χ0) is 20.0. The normalized spacial score (nSPS) is 15.9. The van der Waals surface area contributed by atoms with Crippen LogP contribution in [0.5, 0.6) is 5.75 Å². The highest BCUT2D eigenvalue weighted by atomic mass is 16.5. The summed E-state index contributed by atoms with van der Waals surface area (Å²) in [6, 6.07) is 16.3. The van der Waals surface area contributed by atoms with Crippen molar-refractivity contribution in [2.45, 2.75) is 38.9 Å². The Morgan fingerprint density at radius 1 is 1.14 bits per heavy atom. The van der Waals surface area contributed by atoms with Crippen molar-refractivity contribution in [3.8, 4) is 11.4 Å². The molecule has 2 heterocycles. The number of aromatic nitrogens is 2. The molecule has 1 aliphatic heterocycles. The van der Waals surface area contributed by atoms with Gasteiger partial charge in [0.2, 0.25) is 0 Å². The maximum absolute atomic E-state index is 12.9. The second-order valence-electron chi connectivity index (χ2n) is 7.81. The maximum Gasteiger partial charge on any atom is 0.276 e. The Labute approximate surface area is 170 Å². The van der Waals surface area contributed by atoms with Crippen molar-refractivity contribution in [1.29, 1.82) is 0 Å². The lowest BCUT2D eigenvalue weighted by Gasteiger charge is -2.13. The van der Waals surface area contributed by atoms with E-state index < -0.39 is 0 Å². The van der Waals surface area contributed by atoms with E-state index in [0.29, 0.717) is 11.7 Å². The highest BCUT2D eigenvalue weighted by molar-refractivity contribution is 6.03. The third kappa shape index (κ3) is 3.40. The van der Waals surface area contributed by atoms with E-state index in [9.17, 15) is 4.79 Å². The number of carbonyl (C=O) groups is 1. The summed E-state index contributed by atoms with van der Waals surface area (Å²) in [5, 5.41) is 7.62. The van der Waals surface area contributed by atoms with Gasteiger partial charge in [0.25, 0.3) is 5.91 Å². The fraction of sp³-hybridized carbons (Fsp3) is 0.304. The molecule has 148 valence electrons. The topological polar surface area (TPSA) is 59.4 Å². The molecule has 1 amide bonds. The highest BCUT2D eigenvalue weighted by Crippen LogP contribution is 2.37. The quantitative estimate of drug-likeness (QED) is 0.720. The van der Waals surface area contributed by atoms with Crippen molar-refractivity contribution < 1.29 is 9.53 Å². The third-order valence-electron chi connectivity index (χ3n) is 5.76. The van der Waals surface area contributed by atoms with Crippen LogP contribution in [-0.4, -0.2) is 33.7 Å². The van der Waals surface area contributed by atoms with E-state index >= 15 is 0 Å². The Balaban J connectivity index is 1.36. The first-order valence-corrected chi connectivity index (χ1v) is 9.99. The van der Waals surface area contributed by atoms with E-state index in [1.807, 2.05) is 49.4 Å². The van der Waals surface area contributed by atoms with Crippen molar-refractivity contribution in [3.63, 3.8) is 0 Å². The van der Waals surface area contributed by atoms with Gasteiger partial charge < -0.3 is 10.1 Å². The number of nitrogens with zero attached hydrogens (tertiary/aromatic N) is 3. The molecule has 0 atom stereocenters. The number of hydrogen-bond acceptors (Lipinski definition) is 4. The van der Waals surface area contributed by atoms with Crippen LogP contribution in [0.15, 0.2) is 48.5 Å². The summed E-state index contributed by atoms with van der Waals surface area (Å²) < 4.78 is 6.99. The molecule has 6 nitrogen and oxygen atoms in total. The summed E-state index contributed by atoms with van der Waals surface area (Å²) in [6.45, 7) is 3.84. The largest absolute Gasteiger partial charge is 0.497 e. The van der Waals surface area contributed by atoms with Crippen LogP contribution in [0.3, 0.4) is 0 Å². The van der Waals surface area contributed by atoms with Crippen LogP contribution >= 0.6 is 0 Å². The fourth-order valence-corrected chi connectivity index (χ4v) is 4.02. The van der Waals surface area contributed by atoms with Crippen molar-refractivity contribution in [2.24, 2.45) is 0 Å². The Morgan fingerprint density at radius 3 is 2.66 bits per heavy atom. The van der Waals surface area contributed by atoms with Crippen molar-refractivity contribution in [1.82, 2.24) is 14.7 Å². The van der Waals surface area contributed by atoms with E-state index in [1.165, 1.54) is 24.0 Å². The maximum atomic E-state index is 12.9. The molecule has 1 aromatic heterocycles. The minimum Gasteiger partial charge on any atom is -0.497 e. The molecule has 29 heavy (non-hydrogen) atoms. The lowest BCUT2D eigenvalue weighted by molar-refractivity contribution is 0.102. The minimum absolute atomic E-state index is 0.182. The summed E-state index contributed by atoms with van der Waals surface area (Å²) in [5.74, 6) is 0.605. The smallest absolute Gasteiger partial charge is 0.276 e. The van der Waals surface area contributed by atoms with Gasteiger partial charge in [-0.25, -0.2) is 4.68 Å². The lowest BCUT2D eigenvalue weighted by atomic mass is 10.1. The van der Waals surface area contributed by atoms with Crippen LogP contribution in [0.2, 0.25) is 0 Å². The Bertz CT molecular complexity index is 1070. The van der Waals surface area contributed by atoms with Gasteiger partial charge in [-0.05, 0) is 67.3 Å². The molecule has 5 rings (SSSR count). The Morgan fingerprint density at radius 2 is 1.93 bits per heavy atom. The third-order valence-corrected chi connectivity index (χ3v) is 5.76. The SMILES string of the molecule is COc1ccc(-n2nc(C(=O)Nc3cccc4c3CN(C3CC3)C4)cc2C)cc1. The molecule has 2 aromatic carbocycles. The predicted molar refractivity (Wildman–Crippen MR) is 112 cm³/mol. The standard InChI is InChI=1S/C23H24N4O2/c1-15-12-22(25-27(15)18-8-10-19(29-2)11-9-18)23(28)24-21-5-3-4-16-13-26(14-20(16)21)17-6-7-17/h3-5,8-12,17H,6-7,13-14H2,1-2H3,(H,24,28). The second-order valence-corrected chi connectivity index (χ2v) is 7.81. The number of rotatable bonds is 5. The van der Waals surface area contributed by atoms with Crippen LogP contribution < -0.4 is 10.1 Å². The zero-order valence-corrected chi connectivity index (χ0v) is 16.7. The first-order chi connectivity index (χ1) is 14.1. The lowest BCUT2D eigenvalue weighted by Crippen LogP contribution is -2.19. The molecule has 3 aromatic rings. The predicted octanol–water partition coefficient (Wildman–Crippen LogP) is 3.92. The van der Waals surface area contributed by atoms with Crippen molar-refractivity contribution in [2.75, 3.05) is 12.4 Å². The highest BCUT2D eigenvalue weighted by Gasteiger charge is 2.34. The second kappa shape index (κ2) is 7.04. The Hall–Kier alpha value is -3.12. The average Bonchev–Trinajstić information content (AvgIpc) is 3.37. The summed E-state index contributed by atoms with van der Waals surface area (Å²) in [7, 11) is 1.64. The molecule has 1 N–H and O–H groups in total. The minimum atomic E-state index is -0.182. The molecule has 1 saturated carbocycles. The first kappa shape index (κ1) is 17.9. The van der Waals surface area contributed by atoms with Gasteiger partial charge >= 0.3 is 0 Å². The van der Waals surface area contributed by atoms with E-state index in [-0.39, 0.29) is 5.91 Å². The summed E-state index contributed by atoms with van der Waals surface area (Å²) >= 11 is 0. The van der Waals surface area contributed by atoms with Crippen molar-refractivity contribution in [3.05, 3.63) is 71.0 Å². The zero-order valence-electron chi connectivity index (χ0n) is 16.7. The van der Waals surface area contributed by atoms with Crippen LogP contribution in [-0.2, 0) is 13.1 Å². The Kier molecular flexibility index (Phi) is 4.36. The molecule has 0 unspecified atom stereocenters. The monoisotopic (exact) mass is 388 g/mol. The number of fused-ring (bicyclic) bond motifs is 1. The fourth-order valence-electron chi connectivity index (χ4n) is 4.02.